The molecule has 2 heterocycles. The summed E-state index contributed by atoms with van der Waals surface area (Å²) < 4.78 is 10.4. The number of methoxy groups -OCH3 is 1. The molecule has 0 N–H and O–H groups in total. The number of carbonyl (C=O) groups excluding carboxylic acids is 1. The summed E-state index contributed by atoms with van der Waals surface area (Å²) in [6.45, 7) is 1.58. The van der Waals surface area contributed by atoms with Gasteiger partial charge in [0.25, 0.3) is 0 Å². The molecule has 2 aromatic heterocycles. The van der Waals surface area contributed by atoms with Crippen molar-refractivity contribution in [3.63, 3.8) is 0 Å². The molecule has 0 unspecified atom stereocenters. The molecule has 0 aliphatic heterocycles. The molecule has 0 bridgehead atoms. The van der Waals surface area contributed by atoms with Crippen molar-refractivity contribution < 1.29 is 14.1 Å². The van der Waals surface area contributed by atoms with Gasteiger partial charge in [-0.25, -0.2) is 0 Å². The fraction of sp³-hybridized carbons (Fsp3) is 0.300. The SMILES string of the molecule is COCCN(Cc1ccccc1)C(=O)CCc1nc(-c2ccncc2)no1. The first-order chi connectivity index (χ1) is 13.3. The van der Waals surface area contributed by atoms with Crippen molar-refractivity contribution in [2.75, 3.05) is 20.3 Å². The number of rotatable bonds is 9. The Bertz CT molecular complexity index is 837. The van der Waals surface area contributed by atoms with Crippen molar-refractivity contribution in [3.05, 3.63) is 66.3 Å². The molecule has 0 atom stereocenters. The van der Waals surface area contributed by atoms with E-state index in [9.17, 15) is 4.79 Å². The van der Waals surface area contributed by atoms with Gasteiger partial charge in [0.15, 0.2) is 0 Å². The molecule has 1 aromatic carbocycles. The number of carbonyl (C=O) groups is 1. The highest BCUT2D eigenvalue weighted by atomic mass is 16.5. The summed E-state index contributed by atoms with van der Waals surface area (Å²) in [5, 5.41) is 3.97. The first kappa shape index (κ1) is 18.7. The third-order valence-electron chi connectivity index (χ3n) is 4.09. The van der Waals surface area contributed by atoms with E-state index in [-0.39, 0.29) is 5.91 Å². The van der Waals surface area contributed by atoms with Crippen LogP contribution in [0.5, 0.6) is 0 Å². The number of hydrogen-bond donors (Lipinski definition) is 0. The largest absolute Gasteiger partial charge is 0.383 e. The Kier molecular flexibility index (Phi) is 6.65. The molecule has 7 nitrogen and oxygen atoms in total. The van der Waals surface area contributed by atoms with Crippen molar-refractivity contribution >= 4 is 5.91 Å². The summed E-state index contributed by atoms with van der Waals surface area (Å²) in [7, 11) is 1.63. The van der Waals surface area contributed by atoms with Crippen LogP contribution in [0.25, 0.3) is 11.4 Å². The van der Waals surface area contributed by atoms with Gasteiger partial charge in [0.2, 0.25) is 17.6 Å². The number of aromatic nitrogens is 3. The van der Waals surface area contributed by atoms with Crippen LogP contribution in [0.15, 0.2) is 59.4 Å². The van der Waals surface area contributed by atoms with Crippen LogP contribution < -0.4 is 0 Å². The summed E-state index contributed by atoms with van der Waals surface area (Å²) in [4.78, 5) is 22.8. The standard InChI is InChI=1S/C20H22N4O3/c1-26-14-13-24(15-16-5-3-2-4-6-16)19(25)8-7-18-22-20(23-27-18)17-9-11-21-12-10-17/h2-6,9-12H,7-8,13-15H2,1H3. The average molecular weight is 366 g/mol. The van der Waals surface area contributed by atoms with Crippen LogP contribution in [-0.2, 0) is 22.5 Å². The normalized spacial score (nSPS) is 10.7. The Hall–Kier alpha value is -3.06. The van der Waals surface area contributed by atoms with Gasteiger partial charge in [-0.15, -0.1) is 0 Å². The van der Waals surface area contributed by atoms with Gasteiger partial charge in [0.1, 0.15) is 0 Å². The van der Waals surface area contributed by atoms with Crippen LogP contribution >= 0.6 is 0 Å². The van der Waals surface area contributed by atoms with E-state index in [0.29, 0.717) is 44.3 Å². The van der Waals surface area contributed by atoms with E-state index in [1.54, 1.807) is 24.4 Å². The average Bonchev–Trinajstić information content (AvgIpc) is 3.20. The molecule has 0 saturated carbocycles. The summed E-state index contributed by atoms with van der Waals surface area (Å²) in [6, 6.07) is 13.5. The van der Waals surface area contributed by atoms with Gasteiger partial charge in [-0.3, -0.25) is 9.78 Å². The van der Waals surface area contributed by atoms with E-state index < -0.39 is 0 Å². The van der Waals surface area contributed by atoms with E-state index in [4.69, 9.17) is 9.26 Å². The summed E-state index contributed by atoms with van der Waals surface area (Å²) in [5.41, 5.74) is 1.91. The number of aryl methyl sites for hydroxylation is 1. The van der Waals surface area contributed by atoms with Gasteiger partial charge in [-0.05, 0) is 17.7 Å². The lowest BCUT2D eigenvalue weighted by atomic mass is 10.2. The first-order valence-electron chi connectivity index (χ1n) is 8.80. The van der Waals surface area contributed by atoms with E-state index in [1.807, 2.05) is 42.5 Å². The molecule has 0 saturated heterocycles. The maximum Gasteiger partial charge on any atom is 0.227 e. The van der Waals surface area contributed by atoms with Crippen LogP contribution in [0.2, 0.25) is 0 Å². The topological polar surface area (TPSA) is 81.4 Å². The lowest BCUT2D eigenvalue weighted by Gasteiger charge is -2.22. The zero-order valence-electron chi connectivity index (χ0n) is 15.2. The molecular weight excluding hydrogens is 344 g/mol. The molecule has 0 radical (unpaired) electrons. The molecule has 1 amide bonds. The van der Waals surface area contributed by atoms with Crippen molar-refractivity contribution in [1.82, 2.24) is 20.0 Å². The molecule has 140 valence electrons. The Morgan fingerprint density at radius 1 is 1.15 bits per heavy atom. The minimum atomic E-state index is 0.0274. The van der Waals surface area contributed by atoms with E-state index >= 15 is 0 Å². The quantitative estimate of drug-likeness (QED) is 0.579. The Balaban J connectivity index is 1.59. The van der Waals surface area contributed by atoms with Crippen molar-refractivity contribution in [3.8, 4) is 11.4 Å². The zero-order valence-corrected chi connectivity index (χ0v) is 15.2. The van der Waals surface area contributed by atoms with Crippen LogP contribution in [0.4, 0.5) is 0 Å². The maximum absolute atomic E-state index is 12.7. The second-order valence-corrected chi connectivity index (χ2v) is 6.04. The summed E-state index contributed by atoms with van der Waals surface area (Å²) >= 11 is 0. The molecule has 3 aromatic rings. The van der Waals surface area contributed by atoms with Gasteiger partial charge in [-0.1, -0.05) is 35.5 Å². The highest BCUT2D eigenvalue weighted by Crippen LogP contribution is 2.15. The highest BCUT2D eigenvalue weighted by Gasteiger charge is 2.16. The third kappa shape index (κ3) is 5.46. The molecule has 27 heavy (non-hydrogen) atoms. The minimum Gasteiger partial charge on any atom is -0.383 e. The zero-order chi connectivity index (χ0) is 18.9. The van der Waals surface area contributed by atoms with Gasteiger partial charge >= 0.3 is 0 Å². The number of hydrogen-bond acceptors (Lipinski definition) is 6. The summed E-state index contributed by atoms with van der Waals surface area (Å²) in [6.07, 6.45) is 4.04. The van der Waals surface area contributed by atoms with Crippen molar-refractivity contribution in [2.45, 2.75) is 19.4 Å². The molecule has 0 aliphatic carbocycles. The Morgan fingerprint density at radius 2 is 1.93 bits per heavy atom. The van der Waals surface area contributed by atoms with E-state index in [2.05, 4.69) is 15.1 Å². The van der Waals surface area contributed by atoms with E-state index in [1.165, 1.54) is 0 Å². The molecule has 7 heteroatoms. The number of benzene rings is 1. The van der Waals surface area contributed by atoms with Crippen LogP contribution in [0.3, 0.4) is 0 Å². The number of nitrogens with zero attached hydrogens (tertiary/aromatic N) is 4. The first-order valence-corrected chi connectivity index (χ1v) is 8.80. The monoisotopic (exact) mass is 366 g/mol. The number of amides is 1. The van der Waals surface area contributed by atoms with Crippen LogP contribution in [0, 0.1) is 0 Å². The van der Waals surface area contributed by atoms with Crippen molar-refractivity contribution in [1.29, 1.82) is 0 Å². The lowest BCUT2D eigenvalue weighted by Crippen LogP contribution is -2.33. The second kappa shape index (κ2) is 9.59. The fourth-order valence-corrected chi connectivity index (χ4v) is 2.64. The number of pyridine rings is 1. The second-order valence-electron chi connectivity index (χ2n) is 6.04. The highest BCUT2D eigenvalue weighted by molar-refractivity contribution is 5.76. The Morgan fingerprint density at radius 3 is 2.67 bits per heavy atom. The fourth-order valence-electron chi connectivity index (χ4n) is 2.64. The predicted molar refractivity (Wildman–Crippen MR) is 99.6 cm³/mol. The van der Waals surface area contributed by atoms with Gasteiger partial charge in [0.05, 0.1) is 6.61 Å². The molecule has 3 rings (SSSR count). The predicted octanol–water partition coefficient (Wildman–Crippen LogP) is 2.74. The molecule has 0 fully saturated rings. The summed E-state index contributed by atoms with van der Waals surface area (Å²) in [5.74, 6) is 0.974. The van der Waals surface area contributed by atoms with Gasteiger partial charge in [-0.2, -0.15) is 4.98 Å². The maximum atomic E-state index is 12.7. The minimum absolute atomic E-state index is 0.0274. The van der Waals surface area contributed by atoms with Gasteiger partial charge in [0, 0.05) is 51.0 Å². The lowest BCUT2D eigenvalue weighted by molar-refractivity contribution is -0.132. The smallest absolute Gasteiger partial charge is 0.227 e. The van der Waals surface area contributed by atoms with Crippen LogP contribution in [-0.4, -0.2) is 46.2 Å². The van der Waals surface area contributed by atoms with E-state index in [0.717, 1.165) is 11.1 Å². The molecule has 0 aliphatic rings. The molecule has 0 spiro atoms. The van der Waals surface area contributed by atoms with Crippen LogP contribution in [0.1, 0.15) is 17.9 Å². The number of ether oxygens (including phenoxy) is 1. The molecular formula is C20H22N4O3. The Labute approximate surface area is 158 Å². The van der Waals surface area contributed by atoms with Crippen molar-refractivity contribution in [2.24, 2.45) is 0 Å². The van der Waals surface area contributed by atoms with Gasteiger partial charge < -0.3 is 14.2 Å². The third-order valence-corrected chi connectivity index (χ3v) is 4.09.